The number of benzene rings is 2. The van der Waals surface area contributed by atoms with Crippen molar-refractivity contribution in [2.24, 2.45) is 5.10 Å². The normalized spacial score (nSPS) is 12.0. The second-order valence-electron chi connectivity index (χ2n) is 5.67. The van der Waals surface area contributed by atoms with Crippen molar-refractivity contribution in [3.05, 3.63) is 69.5 Å². The Morgan fingerprint density at radius 1 is 1.18 bits per heavy atom. The molecule has 0 spiro atoms. The summed E-state index contributed by atoms with van der Waals surface area (Å²) < 4.78 is 53.6. The van der Waals surface area contributed by atoms with Gasteiger partial charge in [0.15, 0.2) is 0 Å². The number of hydrogen-bond donors (Lipinski definition) is 1. The van der Waals surface area contributed by atoms with Gasteiger partial charge in [0.25, 0.3) is 5.91 Å². The summed E-state index contributed by atoms with van der Waals surface area (Å²) in [7, 11) is 1.10. The van der Waals surface area contributed by atoms with Gasteiger partial charge in [-0.1, -0.05) is 17.7 Å². The van der Waals surface area contributed by atoms with E-state index in [0.29, 0.717) is 11.1 Å². The van der Waals surface area contributed by atoms with Crippen LogP contribution in [-0.4, -0.2) is 34.8 Å². The first-order chi connectivity index (χ1) is 12.9. The fraction of sp³-hybridized carbons (Fsp3) is 0.167. The van der Waals surface area contributed by atoms with Crippen LogP contribution in [0.4, 0.5) is 17.6 Å². The van der Waals surface area contributed by atoms with Crippen LogP contribution in [0.15, 0.2) is 41.5 Å². The average Bonchev–Trinajstić information content (AvgIpc) is 2.59. The molecule has 0 aromatic heterocycles. The summed E-state index contributed by atoms with van der Waals surface area (Å²) in [6.45, 7) is 1.32. The van der Waals surface area contributed by atoms with E-state index < -0.39 is 40.0 Å². The van der Waals surface area contributed by atoms with Crippen LogP contribution in [0, 0.1) is 5.82 Å². The second kappa shape index (κ2) is 7.97. The Balaban J connectivity index is 2.41. The predicted octanol–water partition coefficient (Wildman–Crippen LogP) is 4.69. The molecule has 0 aliphatic rings. The highest BCUT2D eigenvalue weighted by atomic mass is 35.5. The highest BCUT2D eigenvalue weighted by Crippen LogP contribution is 2.35. The molecule has 0 saturated carbocycles. The Kier molecular flexibility index (Phi) is 6.08. The summed E-state index contributed by atoms with van der Waals surface area (Å²) in [5.74, 6) is -3.37. The predicted molar refractivity (Wildman–Crippen MR) is 94.1 cm³/mol. The standard InChI is InChI=1S/C18H13ClF4N2O3/c1-9(11-7-6-10(17(27)28)8-14(11)20)24-25(2)16(26)15-12(18(21,22)23)4-3-5-13(15)19/h3-8H,1-2H3,(H,27,28). The summed E-state index contributed by atoms with van der Waals surface area (Å²) in [5.41, 5.74) is -2.45. The number of rotatable bonds is 4. The van der Waals surface area contributed by atoms with Crippen molar-refractivity contribution in [3.8, 4) is 0 Å². The molecular weight excluding hydrogens is 404 g/mol. The zero-order valence-electron chi connectivity index (χ0n) is 14.5. The van der Waals surface area contributed by atoms with Crippen molar-refractivity contribution in [1.29, 1.82) is 0 Å². The Labute approximate surface area is 161 Å². The minimum Gasteiger partial charge on any atom is -0.478 e. The number of alkyl halides is 3. The van der Waals surface area contributed by atoms with Crippen LogP contribution in [0.5, 0.6) is 0 Å². The Hall–Kier alpha value is -2.94. The Morgan fingerprint density at radius 2 is 1.82 bits per heavy atom. The average molecular weight is 417 g/mol. The smallest absolute Gasteiger partial charge is 0.417 e. The molecule has 0 aliphatic carbocycles. The van der Waals surface area contributed by atoms with Gasteiger partial charge in [-0.3, -0.25) is 4.79 Å². The maximum Gasteiger partial charge on any atom is 0.417 e. The molecule has 0 radical (unpaired) electrons. The summed E-state index contributed by atoms with van der Waals surface area (Å²) in [6.07, 6.45) is -4.81. The maximum absolute atomic E-state index is 14.1. The van der Waals surface area contributed by atoms with Gasteiger partial charge in [-0.15, -0.1) is 0 Å². The van der Waals surface area contributed by atoms with E-state index in [9.17, 15) is 27.2 Å². The lowest BCUT2D eigenvalue weighted by atomic mass is 10.1. The molecule has 2 rings (SSSR count). The van der Waals surface area contributed by atoms with E-state index in [-0.39, 0.29) is 16.8 Å². The van der Waals surface area contributed by atoms with Crippen LogP contribution in [0.1, 0.15) is 38.8 Å². The van der Waals surface area contributed by atoms with Crippen molar-refractivity contribution < 1.29 is 32.3 Å². The maximum atomic E-state index is 14.1. The van der Waals surface area contributed by atoms with Crippen molar-refractivity contribution >= 4 is 29.2 Å². The topological polar surface area (TPSA) is 70.0 Å². The third-order valence-corrected chi connectivity index (χ3v) is 4.05. The SMILES string of the molecule is CC(=NN(C)C(=O)c1c(Cl)cccc1C(F)(F)F)c1ccc(C(=O)O)cc1F. The first-order valence-electron chi connectivity index (χ1n) is 7.65. The van der Waals surface area contributed by atoms with Crippen LogP contribution in [-0.2, 0) is 6.18 Å². The van der Waals surface area contributed by atoms with Gasteiger partial charge in [-0.05, 0) is 37.3 Å². The van der Waals surface area contributed by atoms with Gasteiger partial charge >= 0.3 is 12.1 Å². The molecule has 148 valence electrons. The summed E-state index contributed by atoms with van der Waals surface area (Å²) >= 11 is 5.79. The minimum absolute atomic E-state index is 0.0501. The van der Waals surface area contributed by atoms with E-state index in [2.05, 4.69) is 5.10 Å². The summed E-state index contributed by atoms with van der Waals surface area (Å²) in [6, 6.07) is 5.97. The molecule has 2 aromatic rings. The largest absolute Gasteiger partial charge is 0.478 e. The molecule has 0 saturated heterocycles. The molecule has 0 heterocycles. The van der Waals surface area contributed by atoms with Crippen LogP contribution < -0.4 is 0 Å². The number of nitrogens with zero attached hydrogens (tertiary/aromatic N) is 2. The number of halogens is 5. The van der Waals surface area contributed by atoms with E-state index in [4.69, 9.17) is 16.7 Å². The molecule has 0 bridgehead atoms. The third kappa shape index (κ3) is 4.48. The van der Waals surface area contributed by atoms with Crippen LogP contribution >= 0.6 is 11.6 Å². The van der Waals surface area contributed by atoms with Gasteiger partial charge in [0.05, 0.1) is 27.4 Å². The molecular formula is C18H13ClF4N2O3. The van der Waals surface area contributed by atoms with Crippen molar-refractivity contribution in [2.45, 2.75) is 13.1 Å². The van der Waals surface area contributed by atoms with Crippen LogP contribution in [0.25, 0.3) is 0 Å². The third-order valence-electron chi connectivity index (χ3n) is 3.73. The van der Waals surface area contributed by atoms with E-state index in [1.807, 2.05) is 0 Å². The first-order valence-corrected chi connectivity index (χ1v) is 8.03. The number of amides is 1. The van der Waals surface area contributed by atoms with Gasteiger partial charge in [-0.25, -0.2) is 14.2 Å². The van der Waals surface area contributed by atoms with E-state index >= 15 is 0 Å². The molecule has 1 N–H and O–H groups in total. The molecule has 10 heteroatoms. The van der Waals surface area contributed by atoms with Gasteiger partial charge in [0.1, 0.15) is 5.82 Å². The molecule has 28 heavy (non-hydrogen) atoms. The molecule has 5 nitrogen and oxygen atoms in total. The Bertz CT molecular complexity index is 974. The highest BCUT2D eigenvalue weighted by molar-refractivity contribution is 6.34. The van der Waals surface area contributed by atoms with Crippen LogP contribution in [0.3, 0.4) is 0 Å². The molecule has 0 atom stereocenters. The second-order valence-corrected chi connectivity index (χ2v) is 6.08. The monoisotopic (exact) mass is 416 g/mol. The summed E-state index contributed by atoms with van der Waals surface area (Å²) in [4.78, 5) is 23.3. The van der Waals surface area contributed by atoms with Gasteiger partial charge in [-0.2, -0.15) is 18.3 Å². The first kappa shape index (κ1) is 21.4. The number of carbonyl (C=O) groups excluding carboxylic acids is 1. The lowest BCUT2D eigenvalue weighted by Crippen LogP contribution is -2.26. The number of hydrogen-bond acceptors (Lipinski definition) is 3. The quantitative estimate of drug-likeness (QED) is 0.446. The van der Waals surface area contributed by atoms with Gasteiger partial charge < -0.3 is 5.11 Å². The number of carboxylic acids is 1. The minimum atomic E-state index is -4.81. The zero-order valence-corrected chi connectivity index (χ0v) is 15.3. The number of carboxylic acid groups (broad SMARTS) is 1. The van der Waals surface area contributed by atoms with Crippen molar-refractivity contribution in [2.75, 3.05) is 7.05 Å². The van der Waals surface area contributed by atoms with Crippen molar-refractivity contribution in [3.63, 3.8) is 0 Å². The Morgan fingerprint density at radius 3 is 2.36 bits per heavy atom. The lowest BCUT2D eigenvalue weighted by Gasteiger charge is -2.18. The van der Waals surface area contributed by atoms with Gasteiger partial charge in [0, 0.05) is 12.6 Å². The molecule has 0 unspecified atom stereocenters. The fourth-order valence-electron chi connectivity index (χ4n) is 2.41. The lowest BCUT2D eigenvalue weighted by molar-refractivity contribution is -0.138. The van der Waals surface area contributed by atoms with E-state index in [1.54, 1.807) is 0 Å². The highest BCUT2D eigenvalue weighted by Gasteiger charge is 2.37. The molecule has 0 aliphatic heterocycles. The van der Waals surface area contributed by atoms with E-state index in [1.165, 1.54) is 6.92 Å². The number of carbonyl (C=O) groups is 2. The van der Waals surface area contributed by atoms with E-state index in [0.717, 1.165) is 37.4 Å². The number of aromatic carboxylic acids is 1. The van der Waals surface area contributed by atoms with Crippen molar-refractivity contribution in [1.82, 2.24) is 5.01 Å². The molecule has 0 fully saturated rings. The zero-order chi connectivity index (χ0) is 21.2. The summed E-state index contributed by atoms with van der Waals surface area (Å²) in [5, 5.41) is 12.9. The molecule has 2 aromatic carbocycles. The number of hydrazone groups is 1. The molecule has 1 amide bonds. The van der Waals surface area contributed by atoms with Crippen LogP contribution in [0.2, 0.25) is 5.02 Å². The fourth-order valence-corrected chi connectivity index (χ4v) is 2.66. The van der Waals surface area contributed by atoms with Gasteiger partial charge in [0.2, 0.25) is 0 Å².